The monoisotopic (exact) mass is 320 g/mol. The molecule has 22 heavy (non-hydrogen) atoms. The average Bonchev–Trinajstić information content (AvgIpc) is 2.39. The number of esters is 3. The summed E-state index contributed by atoms with van der Waals surface area (Å²) in [5.74, 6) is -1.91. The molecule has 1 heterocycles. The lowest BCUT2D eigenvalue weighted by molar-refractivity contribution is -0.299. The van der Waals surface area contributed by atoms with E-state index in [4.69, 9.17) is 23.7 Å². The van der Waals surface area contributed by atoms with E-state index in [1.54, 1.807) is 0 Å². The van der Waals surface area contributed by atoms with E-state index in [0.717, 1.165) is 13.8 Å². The third-order valence-electron chi connectivity index (χ3n) is 2.92. The molecular weight excluding hydrogens is 300 g/mol. The summed E-state index contributed by atoms with van der Waals surface area (Å²) in [6.07, 6.45) is -5.73. The summed E-state index contributed by atoms with van der Waals surface area (Å²) in [5, 5.41) is 10.3. The lowest BCUT2D eigenvalue weighted by Crippen LogP contribution is -2.61. The van der Waals surface area contributed by atoms with Crippen LogP contribution in [-0.4, -0.2) is 67.4 Å². The minimum absolute atomic E-state index is 0.213. The molecule has 0 amide bonds. The van der Waals surface area contributed by atoms with Crippen LogP contribution in [0.25, 0.3) is 0 Å². The number of hydrogen-bond acceptors (Lipinski definition) is 9. The van der Waals surface area contributed by atoms with Crippen LogP contribution in [-0.2, 0) is 38.1 Å². The molecular formula is C13H20O9. The molecule has 9 heteroatoms. The number of rotatable bonds is 5. The molecule has 0 aliphatic carbocycles. The number of ether oxygens (including phenoxy) is 5. The van der Waals surface area contributed by atoms with Crippen molar-refractivity contribution in [2.45, 2.75) is 51.5 Å². The molecule has 0 aromatic heterocycles. The van der Waals surface area contributed by atoms with E-state index in [9.17, 15) is 19.5 Å². The number of hydrogen-bond donors (Lipinski definition) is 1. The fourth-order valence-corrected chi connectivity index (χ4v) is 2.10. The minimum atomic E-state index is -1.33. The van der Waals surface area contributed by atoms with Gasteiger partial charge in [-0.2, -0.15) is 0 Å². The molecule has 0 spiro atoms. The highest BCUT2D eigenvalue weighted by molar-refractivity contribution is 5.67. The van der Waals surface area contributed by atoms with E-state index in [-0.39, 0.29) is 6.61 Å². The van der Waals surface area contributed by atoms with Crippen LogP contribution in [0, 0.1) is 0 Å². The van der Waals surface area contributed by atoms with Gasteiger partial charge in [0, 0.05) is 27.9 Å². The Morgan fingerprint density at radius 1 is 1.00 bits per heavy atom. The van der Waals surface area contributed by atoms with Crippen molar-refractivity contribution in [3.63, 3.8) is 0 Å². The first-order valence-corrected chi connectivity index (χ1v) is 6.60. The minimum Gasteiger partial charge on any atom is -0.463 e. The van der Waals surface area contributed by atoms with Gasteiger partial charge in [-0.1, -0.05) is 0 Å². The molecule has 1 fully saturated rings. The van der Waals surface area contributed by atoms with Crippen molar-refractivity contribution in [1.29, 1.82) is 0 Å². The molecule has 1 saturated heterocycles. The van der Waals surface area contributed by atoms with Crippen molar-refractivity contribution in [3.8, 4) is 0 Å². The Balaban J connectivity index is 2.93. The fraction of sp³-hybridized carbons (Fsp3) is 0.769. The molecule has 5 atom stereocenters. The SMILES string of the molecule is CO[C@@H]1C(COC(C)=O)O[C@@H](OC(C)=O)C(OC(C)=O)[C@H]1O. The molecule has 0 aromatic rings. The zero-order valence-corrected chi connectivity index (χ0v) is 12.8. The molecule has 1 aliphatic rings. The van der Waals surface area contributed by atoms with E-state index < -0.39 is 48.6 Å². The van der Waals surface area contributed by atoms with Gasteiger partial charge in [-0.3, -0.25) is 14.4 Å². The van der Waals surface area contributed by atoms with Crippen molar-refractivity contribution in [2.75, 3.05) is 13.7 Å². The van der Waals surface area contributed by atoms with Crippen LogP contribution in [0.15, 0.2) is 0 Å². The van der Waals surface area contributed by atoms with Crippen LogP contribution in [0.1, 0.15) is 20.8 Å². The van der Waals surface area contributed by atoms with E-state index in [1.807, 2.05) is 0 Å². The third-order valence-corrected chi connectivity index (χ3v) is 2.92. The zero-order chi connectivity index (χ0) is 16.9. The van der Waals surface area contributed by atoms with E-state index >= 15 is 0 Å². The van der Waals surface area contributed by atoms with E-state index in [2.05, 4.69) is 0 Å². The van der Waals surface area contributed by atoms with Crippen LogP contribution in [0.4, 0.5) is 0 Å². The second-order valence-electron chi connectivity index (χ2n) is 4.72. The van der Waals surface area contributed by atoms with Crippen LogP contribution in [0.2, 0.25) is 0 Å². The summed E-state index contributed by atoms with van der Waals surface area (Å²) in [4.78, 5) is 33.2. The van der Waals surface area contributed by atoms with Crippen molar-refractivity contribution < 1.29 is 43.2 Å². The van der Waals surface area contributed by atoms with Gasteiger partial charge in [0.05, 0.1) is 0 Å². The average molecular weight is 320 g/mol. The number of aliphatic hydroxyl groups is 1. The van der Waals surface area contributed by atoms with Gasteiger partial charge in [0.25, 0.3) is 0 Å². The highest BCUT2D eigenvalue weighted by atomic mass is 16.7. The Kier molecular flexibility index (Phi) is 6.72. The topological polar surface area (TPSA) is 118 Å². The second-order valence-corrected chi connectivity index (χ2v) is 4.72. The molecule has 1 aliphatic heterocycles. The summed E-state index contributed by atoms with van der Waals surface area (Å²) in [6.45, 7) is 3.29. The van der Waals surface area contributed by atoms with Crippen molar-refractivity contribution >= 4 is 17.9 Å². The Labute approximate surface area is 127 Å². The van der Waals surface area contributed by atoms with E-state index in [0.29, 0.717) is 0 Å². The molecule has 0 radical (unpaired) electrons. The van der Waals surface area contributed by atoms with Gasteiger partial charge in [-0.15, -0.1) is 0 Å². The van der Waals surface area contributed by atoms with Crippen LogP contribution in [0.5, 0.6) is 0 Å². The van der Waals surface area contributed by atoms with E-state index in [1.165, 1.54) is 14.0 Å². The van der Waals surface area contributed by atoms with Crippen LogP contribution < -0.4 is 0 Å². The molecule has 0 bridgehead atoms. The number of methoxy groups -OCH3 is 1. The zero-order valence-electron chi connectivity index (χ0n) is 12.8. The van der Waals surface area contributed by atoms with Crippen LogP contribution >= 0.6 is 0 Å². The summed E-state index contributed by atoms with van der Waals surface area (Å²) in [7, 11) is 1.31. The summed E-state index contributed by atoms with van der Waals surface area (Å²) in [5.41, 5.74) is 0. The largest absolute Gasteiger partial charge is 0.463 e. The highest BCUT2D eigenvalue weighted by Crippen LogP contribution is 2.26. The van der Waals surface area contributed by atoms with Gasteiger partial charge >= 0.3 is 17.9 Å². The smallest absolute Gasteiger partial charge is 0.305 e. The summed E-state index contributed by atoms with van der Waals surface area (Å²) < 4.78 is 25.3. The molecule has 1 rings (SSSR count). The number of aliphatic hydroxyl groups excluding tert-OH is 1. The number of carbonyl (C=O) groups is 3. The molecule has 126 valence electrons. The summed E-state index contributed by atoms with van der Waals surface area (Å²) in [6, 6.07) is 0. The first-order valence-electron chi connectivity index (χ1n) is 6.60. The normalized spacial score (nSPS) is 31.2. The Bertz CT molecular complexity index is 420. The fourth-order valence-electron chi connectivity index (χ4n) is 2.10. The van der Waals surface area contributed by atoms with Gasteiger partial charge in [0.15, 0.2) is 6.10 Å². The lowest BCUT2D eigenvalue weighted by Gasteiger charge is -2.42. The van der Waals surface area contributed by atoms with Gasteiger partial charge in [0.2, 0.25) is 6.29 Å². The van der Waals surface area contributed by atoms with Crippen molar-refractivity contribution in [1.82, 2.24) is 0 Å². The predicted octanol–water partition coefficient (Wildman–Crippen LogP) is -0.855. The Hall–Kier alpha value is -1.71. The molecule has 1 N–H and O–H groups in total. The van der Waals surface area contributed by atoms with Gasteiger partial charge in [-0.25, -0.2) is 0 Å². The standard InChI is InChI=1S/C13H20O9/c1-6(14)19-5-9-11(18-4)10(17)12(20-7(2)15)13(22-9)21-8(3)16/h9-13,17H,5H2,1-4H3/t9?,10-,11+,12?,13+/m0/s1. The molecule has 0 aromatic carbocycles. The second kappa shape index (κ2) is 8.06. The van der Waals surface area contributed by atoms with Gasteiger partial charge in [-0.05, 0) is 0 Å². The predicted molar refractivity (Wildman–Crippen MR) is 69.4 cm³/mol. The first-order chi connectivity index (χ1) is 10.3. The Morgan fingerprint density at radius 2 is 1.59 bits per heavy atom. The first kappa shape index (κ1) is 18.3. The Morgan fingerprint density at radius 3 is 2.05 bits per heavy atom. The van der Waals surface area contributed by atoms with Crippen LogP contribution in [0.3, 0.4) is 0 Å². The highest BCUT2D eigenvalue weighted by Gasteiger charge is 2.49. The maximum Gasteiger partial charge on any atom is 0.305 e. The molecule has 2 unspecified atom stereocenters. The molecule has 9 nitrogen and oxygen atoms in total. The summed E-state index contributed by atoms with van der Waals surface area (Å²) >= 11 is 0. The lowest BCUT2D eigenvalue weighted by atomic mass is 9.98. The van der Waals surface area contributed by atoms with Crippen molar-refractivity contribution in [2.24, 2.45) is 0 Å². The van der Waals surface area contributed by atoms with Gasteiger partial charge < -0.3 is 28.8 Å². The number of carbonyl (C=O) groups excluding carboxylic acids is 3. The third kappa shape index (κ3) is 4.93. The quantitative estimate of drug-likeness (QED) is 0.510. The molecule has 0 saturated carbocycles. The van der Waals surface area contributed by atoms with Crippen molar-refractivity contribution in [3.05, 3.63) is 0 Å². The maximum absolute atomic E-state index is 11.1. The van der Waals surface area contributed by atoms with Gasteiger partial charge in [0.1, 0.15) is 24.9 Å². The maximum atomic E-state index is 11.1.